The molecule has 1 heteroatoms. The Kier molecular flexibility index (Phi) is 2.36. The first-order valence-electron chi connectivity index (χ1n) is 5.40. The van der Waals surface area contributed by atoms with E-state index in [1.165, 1.54) is 5.56 Å². The standard InChI is InChI=1S/C13H18O/c1-10-7-8-13(14,9-10)12-6-4-3-5-11(12)2/h3-6,10,14H,7-9H2,1-2H3/t10-,13-/m1/s1. The van der Waals surface area contributed by atoms with Gasteiger partial charge in [-0.25, -0.2) is 0 Å². The zero-order valence-electron chi connectivity index (χ0n) is 8.96. The molecule has 1 nitrogen and oxygen atoms in total. The molecule has 0 bridgehead atoms. The van der Waals surface area contributed by atoms with Crippen LogP contribution in [0.15, 0.2) is 24.3 Å². The molecule has 2 rings (SSSR count). The highest BCUT2D eigenvalue weighted by Crippen LogP contribution is 2.42. The van der Waals surface area contributed by atoms with Gasteiger partial charge in [-0.3, -0.25) is 0 Å². The molecule has 0 unspecified atom stereocenters. The van der Waals surface area contributed by atoms with Gasteiger partial charge in [0.2, 0.25) is 0 Å². The molecule has 1 saturated carbocycles. The molecule has 1 fully saturated rings. The van der Waals surface area contributed by atoms with Crippen molar-refractivity contribution in [2.24, 2.45) is 5.92 Å². The molecule has 1 aromatic rings. The molecule has 1 N–H and O–H groups in total. The lowest BCUT2D eigenvalue weighted by Crippen LogP contribution is -2.22. The summed E-state index contributed by atoms with van der Waals surface area (Å²) in [6, 6.07) is 8.19. The first-order valence-corrected chi connectivity index (χ1v) is 5.40. The lowest BCUT2D eigenvalue weighted by molar-refractivity contribution is 0.0402. The molecule has 2 atom stereocenters. The highest BCUT2D eigenvalue weighted by molar-refractivity contribution is 5.32. The molecule has 0 saturated heterocycles. The van der Waals surface area contributed by atoms with E-state index < -0.39 is 5.60 Å². The molecule has 1 aliphatic carbocycles. The number of aryl methyl sites for hydroxylation is 1. The van der Waals surface area contributed by atoms with E-state index in [1.807, 2.05) is 12.1 Å². The molecule has 1 aliphatic rings. The van der Waals surface area contributed by atoms with Crippen LogP contribution in [0.1, 0.15) is 37.3 Å². The molecule has 76 valence electrons. The normalized spacial score (nSPS) is 32.1. The minimum atomic E-state index is -0.551. The molecule has 0 radical (unpaired) electrons. The molecular weight excluding hydrogens is 172 g/mol. The predicted molar refractivity (Wildman–Crippen MR) is 58.1 cm³/mol. The second kappa shape index (κ2) is 3.39. The van der Waals surface area contributed by atoms with Gasteiger partial charge < -0.3 is 5.11 Å². The van der Waals surface area contributed by atoms with Crippen LogP contribution >= 0.6 is 0 Å². The Morgan fingerprint density at radius 1 is 1.36 bits per heavy atom. The first kappa shape index (κ1) is 9.72. The molecular formula is C13H18O. The van der Waals surface area contributed by atoms with Crippen molar-refractivity contribution < 1.29 is 5.11 Å². The van der Waals surface area contributed by atoms with Crippen molar-refractivity contribution in [1.82, 2.24) is 0 Å². The zero-order chi connectivity index (χ0) is 10.2. The highest BCUT2D eigenvalue weighted by atomic mass is 16.3. The van der Waals surface area contributed by atoms with Crippen molar-refractivity contribution >= 4 is 0 Å². The van der Waals surface area contributed by atoms with Crippen LogP contribution in [0.3, 0.4) is 0 Å². The summed E-state index contributed by atoms with van der Waals surface area (Å²) in [5.74, 6) is 0.652. The average molecular weight is 190 g/mol. The molecule has 1 aromatic carbocycles. The Bertz CT molecular complexity index is 332. The lowest BCUT2D eigenvalue weighted by Gasteiger charge is -2.25. The Balaban J connectivity index is 2.35. The number of hydrogen-bond donors (Lipinski definition) is 1. The van der Waals surface area contributed by atoms with E-state index in [2.05, 4.69) is 26.0 Å². The van der Waals surface area contributed by atoms with E-state index in [-0.39, 0.29) is 0 Å². The number of benzene rings is 1. The van der Waals surface area contributed by atoms with Gasteiger partial charge in [-0.1, -0.05) is 31.2 Å². The van der Waals surface area contributed by atoms with E-state index in [1.54, 1.807) is 0 Å². The van der Waals surface area contributed by atoms with Crippen LogP contribution in [0, 0.1) is 12.8 Å². The third-order valence-corrected chi connectivity index (χ3v) is 3.38. The van der Waals surface area contributed by atoms with Gasteiger partial charge in [0.15, 0.2) is 0 Å². The number of aliphatic hydroxyl groups is 1. The van der Waals surface area contributed by atoms with E-state index in [4.69, 9.17) is 0 Å². The first-order chi connectivity index (χ1) is 6.62. The van der Waals surface area contributed by atoms with Crippen molar-refractivity contribution in [2.45, 2.75) is 38.7 Å². The Morgan fingerprint density at radius 3 is 2.64 bits per heavy atom. The van der Waals surface area contributed by atoms with Crippen molar-refractivity contribution in [2.75, 3.05) is 0 Å². The fourth-order valence-electron chi connectivity index (χ4n) is 2.61. The lowest BCUT2D eigenvalue weighted by atomic mass is 9.88. The molecule has 0 aromatic heterocycles. The SMILES string of the molecule is Cc1ccccc1[C@@]1(O)CC[C@@H](C)C1. The second-order valence-electron chi connectivity index (χ2n) is 4.69. The van der Waals surface area contributed by atoms with Crippen molar-refractivity contribution in [3.05, 3.63) is 35.4 Å². The van der Waals surface area contributed by atoms with Gasteiger partial charge in [-0.05, 0) is 43.2 Å². The van der Waals surface area contributed by atoms with Gasteiger partial charge in [-0.2, -0.15) is 0 Å². The number of rotatable bonds is 1. The van der Waals surface area contributed by atoms with Gasteiger partial charge >= 0.3 is 0 Å². The van der Waals surface area contributed by atoms with Crippen LogP contribution in [0.4, 0.5) is 0 Å². The van der Waals surface area contributed by atoms with Crippen LogP contribution in [-0.2, 0) is 5.60 Å². The maximum absolute atomic E-state index is 10.5. The van der Waals surface area contributed by atoms with Gasteiger partial charge in [-0.15, -0.1) is 0 Å². The summed E-state index contributed by atoms with van der Waals surface area (Å²) < 4.78 is 0. The van der Waals surface area contributed by atoms with Crippen LogP contribution in [0.25, 0.3) is 0 Å². The fourth-order valence-corrected chi connectivity index (χ4v) is 2.61. The summed E-state index contributed by atoms with van der Waals surface area (Å²) in [7, 11) is 0. The van der Waals surface area contributed by atoms with Crippen molar-refractivity contribution in [1.29, 1.82) is 0 Å². The minimum absolute atomic E-state index is 0.551. The second-order valence-corrected chi connectivity index (χ2v) is 4.69. The summed E-state index contributed by atoms with van der Waals surface area (Å²) in [5.41, 5.74) is 1.79. The number of hydrogen-bond acceptors (Lipinski definition) is 1. The third kappa shape index (κ3) is 1.57. The quantitative estimate of drug-likeness (QED) is 0.721. The maximum Gasteiger partial charge on any atom is 0.0901 e. The smallest absolute Gasteiger partial charge is 0.0901 e. The van der Waals surface area contributed by atoms with E-state index in [0.717, 1.165) is 24.8 Å². The van der Waals surface area contributed by atoms with Gasteiger partial charge in [0.25, 0.3) is 0 Å². The van der Waals surface area contributed by atoms with Gasteiger partial charge in [0.05, 0.1) is 5.60 Å². The molecule has 0 spiro atoms. The van der Waals surface area contributed by atoms with Crippen LogP contribution in [0.2, 0.25) is 0 Å². The topological polar surface area (TPSA) is 20.2 Å². The van der Waals surface area contributed by atoms with E-state index in [9.17, 15) is 5.11 Å². The maximum atomic E-state index is 10.5. The molecule has 0 heterocycles. The largest absolute Gasteiger partial charge is 0.385 e. The highest BCUT2D eigenvalue weighted by Gasteiger charge is 2.37. The monoisotopic (exact) mass is 190 g/mol. The van der Waals surface area contributed by atoms with E-state index in [0.29, 0.717) is 5.92 Å². The summed E-state index contributed by atoms with van der Waals surface area (Å²) >= 11 is 0. The summed E-state index contributed by atoms with van der Waals surface area (Å²) in [6.45, 7) is 4.30. The Morgan fingerprint density at radius 2 is 2.07 bits per heavy atom. The molecule has 14 heavy (non-hydrogen) atoms. The Hall–Kier alpha value is -0.820. The van der Waals surface area contributed by atoms with Crippen molar-refractivity contribution in [3.63, 3.8) is 0 Å². The van der Waals surface area contributed by atoms with Gasteiger partial charge in [0, 0.05) is 0 Å². The average Bonchev–Trinajstić information content (AvgIpc) is 2.48. The Labute approximate surface area is 85.8 Å². The van der Waals surface area contributed by atoms with Crippen LogP contribution in [0.5, 0.6) is 0 Å². The summed E-state index contributed by atoms with van der Waals surface area (Å²) in [6.07, 6.45) is 2.97. The zero-order valence-corrected chi connectivity index (χ0v) is 8.96. The van der Waals surface area contributed by atoms with Crippen LogP contribution in [-0.4, -0.2) is 5.11 Å². The molecule has 0 aliphatic heterocycles. The molecule has 0 amide bonds. The van der Waals surface area contributed by atoms with Crippen molar-refractivity contribution in [3.8, 4) is 0 Å². The van der Waals surface area contributed by atoms with Crippen LogP contribution < -0.4 is 0 Å². The predicted octanol–water partition coefficient (Wildman–Crippen LogP) is 3.00. The van der Waals surface area contributed by atoms with Gasteiger partial charge in [0.1, 0.15) is 0 Å². The third-order valence-electron chi connectivity index (χ3n) is 3.38. The summed E-state index contributed by atoms with van der Waals surface area (Å²) in [5, 5.41) is 10.5. The minimum Gasteiger partial charge on any atom is -0.385 e. The fraction of sp³-hybridized carbons (Fsp3) is 0.538. The summed E-state index contributed by atoms with van der Waals surface area (Å²) in [4.78, 5) is 0. The van der Waals surface area contributed by atoms with E-state index >= 15 is 0 Å².